The van der Waals surface area contributed by atoms with Crippen LogP contribution >= 0.6 is 0 Å². The van der Waals surface area contributed by atoms with Gasteiger partial charge in [0, 0.05) is 17.5 Å². The first-order chi connectivity index (χ1) is 7.18. The smallest absolute Gasteiger partial charge is 0.146 e. The van der Waals surface area contributed by atoms with E-state index in [9.17, 15) is 5.11 Å². The van der Waals surface area contributed by atoms with E-state index in [-0.39, 0.29) is 5.75 Å². The summed E-state index contributed by atoms with van der Waals surface area (Å²) in [5.41, 5.74) is 3.02. The molecule has 0 saturated carbocycles. The molecule has 0 fully saturated rings. The molecule has 0 amide bonds. The molecule has 0 atom stereocenters. The van der Waals surface area contributed by atoms with E-state index in [2.05, 4.69) is 9.97 Å². The van der Waals surface area contributed by atoms with Gasteiger partial charge in [-0.3, -0.25) is 9.97 Å². The zero-order chi connectivity index (χ0) is 10.8. The summed E-state index contributed by atoms with van der Waals surface area (Å²) in [6, 6.07) is 7.45. The Morgan fingerprint density at radius 3 is 2.67 bits per heavy atom. The van der Waals surface area contributed by atoms with Gasteiger partial charge >= 0.3 is 0 Å². The van der Waals surface area contributed by atoms with Crippen LogP contribution in [0.4, 0.5) is 0 Å². The van der Waals surface area contributed by atoms with Crippen LogP contribution in [-0.4, -0.2) is 15.1 Å². The molecule has 76 valence electrons. The number of hydrogen-bond acceptors (Lipinski definition) is 3. The second-order valence-corrected chi connectivity index (χ2v) is 3.46. The number of nitrogens with zero attached hydrogens (tertiary/aromatic N) is 2. The maximum Gasteiger partial charge on any atom is 0.146 e. The van der Waals surface area contributed by atoms with Crippen LogP contribution < -0.4 is 0 Å². The molecule has 2 heterocycles. The van der Waals surface area contributed by atoms with Crippen molar-refractivity contribution >= 4 is 0 Å². The van der Waals surface area contributed by atoms with Gasteiger partial charge in [0.15, 0.2) is 0 Å². The van der Waals surface area contributed by atoms with Crippen molar-refractivity contribution in [3.63, 3.8) is 0 Å². The minimum absolute atomic E-state index is 0.208. The second-order valence-electron chi connectivity index (χ2n) is 3.46. The first kappa shape index (κ1) is 9.65. The average molecular weight is 200 g/mol. The fourth-order valence-corrected chi connectivity index (χ4v) is 1.54. The molecule has 0 spiro atoms. The fourth-order valence-electron chi connectivity index (χ4n) is 1.54. The topological polar surface area (TPSA) is 46.0 Å². The minimum Gasteiger partial charge on any atom is -0.505 e. The Hall–Kier alpha value is -1.90. The van der Waals surface area contributed by atoms with Crippen molar-refractivity contribution in [2.45, 2.75) is 13.8 Å². The molecule has 0 aliphatic carbocycles. The third kappa shape index (κ3) is 1.81. The minimum atomic E-state index is 0.208. The van der Waals surface area contributed by atoms with Crippen molar-refractivity contribution < 1.29 is 5.11 Å². The molecule has 3 nitrogen and oxygen atoms in total. The highest BCUT2D eigenvalue weighted by molar-refractivity contribution is 5.67. The van der Waals surface area contributed by atoms with E-state index < -0.39 is 0 Å². The molecule has 15 heavy (non-hydrogen) atoms. The summed E-state index contributed by atoms with van der Waals surface area (Å²) >= 11 is 0. The molecule has 0 bridgehead atoms. The molecule has 0 aliphatic heterocycles. The Labute approximate surface area is 88.5 Å². The van der Waals surface area contributed by atoms with Crippen LogP contribution in [0.25, 0.3) is 11.3 Å². The van der Waals surface area contributed by atoms with Gasteiger partial charge in [-0.15, -0.1) is 0 Å². The van der Waals surface area contributed by atoms with Crippen molar-refractivity contribution in [2.75, 3.05) is 0 Å². The van der Waals surface area contributed by atoms with E-state index in [1.54, 1.807) is 13.1 Å². The Kier molecular flexibility index (Phi) is 2.37. The van der Waals surface area contributed by atoms with E-state index >= 15 is 0 Å². The van der Waals surface area contributed by atoms with Crippen LogP contribution in [0.3, 0.4) is 0 Å². The van der Waals surface area contributed by atoms with Gasteiger partial charge in [-0.25, -0.2) is 0 Å². The molecular weight excluding hydrogens is 188 g/mol. The van der Waals surface area contributed by atoms with Gasteiger partial charge in [-0.1, -0.05) is 6.07 Å². The van der Waals surface area contributed by atoms with Crippen LogP contribution in [-0.2, 0) is 0 Å². The molecule has 0 radical (unpaired) electrons. The Balaban J connectivity index is 2.63. The van der Waals surface area contributed by atoms with Crippen molar-refractivity contribution in [3.8, 4) is 17.0 Å². The lowest BCUT2D eigenvalue weighted by Gasteiger charge is -2.07. The van der Waals surface area contributed by atoms with E-state index in [1.807, 2.05) is 31.2 Å². The number of aryl methyl sites for hydroxylation is 2. The highest BCUT2D eigenvalue weighted by atomic mass is 16.3. The van der Waals surface area contributed by atoms with Gasteiger partial charge < -0.3 is 5.11 Å². The zero-order valence-corrected chi connectivity index (χ0v) is 8.73. The number of hydrogen-bond donors (Lipinski definition) is 1. The third-order valence-electron chi connectivity index (χ3n) is 2.24. The highest BCUT2D eigenvalue weighted by Gasteiger charge is 2.09. The lowest BCUT2D eigenvalue weighted by Crippen LogP contribution is -1.91. The maximum absolute atomic E-state index is 9.87. The quantitative estimate of drug-likeness (QED) is 0.769. The molecule has 2 rings (SSSR count). The van der Waals surface area contributed by atoms with Crippen LogP contribution in [0.2, 0.25) is 0 Å². The predicted molar refractivity (Wildman–Crippen MR) is 58.6 cm³/mol. The number of rotatable bonds is 1. The van der Waals surface area contributed by atoms with Gasteiger partial charge in [-0.2, -0.15) is 0 Å². The summed E-state index contributed by atoms with van der Waals surface area (Å²) in [6.07, 6.45) is 1.71. The summed E-state index contributed by atoms with van der Waals surface area (Å²) in [7, 11) is 0. The van der Waals surface area contributed by atoms with E-state index in [4.69, 9.17) is 0 Å². The molecular formula is C12H12N2O. The molecule has 0 unspecified atom stereocenters. The summed E-state index contributed by atoms with van der Waals surface area (Å²) < 4.78 is 0. The van der Waals surface area contributed by atoms with E-state index in [0.29, 0.717) is 5.69 Å². The highest BCUT2D eigenvalue weighted by Crippen LogP contribution is 2.29. The van der Waals surface area contributed by atoms with Gasteiger partial charge in [-0.05, 0) is 32.0 Å². The number of aromatic hydroxyl groups is 1. The van der Waals surface area contributed by atoms with Gasteiger partial charge in [0.05, 0.1) is 11.4 Å². The van der Waals surface area contributed by atoms with Crippen LogP contribution in [0.15, 0.2) is 30.5 Å². The molecule has 1 N–H and O–H groups in total. The van der Waals surface area contributed by atoms with Crippen molar-refractivity contribution in [1.82, 2.24) is 9.97 Å². The predicted octanol–water partition coefficient (Wildman–Crippen LogP) is 2.47. The first-order valence-electron chi connectivity index (χ1n) is 4.77. The average Bonchev–Trinajstić information content (AvgIpc) is 2.24. The van der Waals surface area contributed by atoms with Gasteiger partial charge in [0.2, 0.25) is 0 Å². The standard InChI is InChI=1S/C12H12N2O/c1-8-7-10(12(15)9(2)14-8)11-5-3-4-6-13-11/h3-7,15H,1-2H3. The lowest BCUT2D eigenvalue weighted by atomic mass is 10.1. The third-order valence-corrected chi connectivity index (χ3v) is 2.24. The molecule has 3 heteroatoms. The number of pyridine rings is 2. The Bertz CT molecular complexity index is 480. The monoisotopic (exact) mass is 200 g/mol. The van der Waals surface area contributed by atoms with E-state index in [1.165, 1.54) is 0 Å². The van der Waals surface area contributed by atoms with Crippen molar-refractivity contribution in [2.24, 2.45) is 0 Å². The Morgan fingerprint density at radius 1 is 1.20 bits per heavy atom. The van der Waals surface area contributed by atoms with Crippen molar-refractivity contribution in [1.29, 1.82) is 0 Å². The van der Waals surface area contributed by atoms with Crippen LogP contribution in [0, 0.1) is 13.8 Å². The second kappa shape index (κ2) is 3.69. The summed E-state index contributed by atoms with van der Waals surface area (Å²) in [5, 5.41) is 9.87. The Morgan fingerprint density at radius 2 is 2.00 bits per heavy atom. The van der Waals surface area contributed by atoms with E-state index in [0.717, 1.165) is 17.0 Å². The number of aromatic nitrogens is 2. The van der Waals surface area contributed by atoms with Crippen LogP contribution in [0.5, 0.6) is 5.75 Å². The molecule has 0 saturated heterocycles. The fraction of sp³-hybridized carbons (Fsp3) is 0.167. The summed E-state index contributed by atoms with van der Waals surface area (Å²) in [5.74, 6) is 0.208. The van der Waals surface area contributed by atoms with Crippen molar-refractivity contribution in [3.05, 3.63) is 41.9 Å². The molecule has 0 aromatic carbocycles. The molecule has 2 aromatic rings. The first-order valence-corrected chi connectivity index (χ1v) is 4.77. The lowest BCUT2D eigenvalue weighted by molar-refractivity contribution is 0.469. The molecule has 0 aliphatic rings. The van der Waals surface area contributed by atoms with Crippen LogP contribution in [0.1, 0.15) is 11.4 Å². The maximum atomic E-state index is 9.87. The SMILES string of the molecule is Cc1cc(-c2ccccn2)c(O)c(C)n1. The van der Waals surface area contributed by atoms with Gasteiger partial charge in [0.1, 0.15) is 5.75 Å². The largest absolute Gasteiger partial charge is 0.505 e. The normalized spacial score (nSPS) is 10.3. The summed E-state index contributed by atoms with van der Waals surface area (Å²) in [6.45, 7) is 3.69. The molecule has 2 aromatic heterocycles. The van der Waals surface area contributed by atoms with Gasteiger partial charge in [0.25, 0.3) is 0 Å². The summed E-state index contributed by atoms with van der Waals surface area (Å²) in [4.78, 5) is 8.39. The zero-order valence-electron chi connectivity index (χ0n) is 8.73.